The number of halogens is 3. The topological polar surface area (TPSA) is 67.9 Å². The van der Waals surface area contributed by atoms with E-state index in [1.54, 1.807) is 48.5 Å². The molecule has 11 heteroatoms. The van der Waals surface area contributed by atoms with E-state index in [4.69, 9.17) is 44.9 Å². The third kappa shape index (κ3) is 6.30. The highest BCUT2D eigenvalue weighted by Crippen LogP contribution is 2.40. The van der Waals surface area contributed by atoms with Gasteiger partial charge in [0.25, 0.3) is 11.8 Å². The van der Waals surface area contributed by atoms with Crippen molar-refractivity contribution < 1.29 is 19.1 Å². The highest BCUT2D eigenvalue weighted by atomic mass is 79.9. The van der Waals surface area contributed by atoms with Crippen LogP contribution in [0.3, 0.4) is 0 Å². The minimum Gasteiger partial charge on any atom is -0.493 e. The Kier molecular flexibility index (Phi) is 8.82. The van der Waals surface area contributed by atoms with Gasteiger partial charge in [0.1, 0.15) is 6.61 Å². The van der Waals surface area contributed by atoms with Crippen LogP contribution in [0.25, 0.3) is 6.08 Å². The second-order valence-electron chi connectivity index (χ2n) is 7.85. The summed E-state index contributed by atoms with van der Waals surface area (Å²) in [5, 5.41) is 2.07. The van der Waals surface area contributed by atoms with Crippen molar-refractivity contribution in [3.8, 4) is 11.5 Å². The molecule has 0 saturated carbocycles. The first kappa shape index (κ1) is 27.5. The fourth-order valence-electron chi connectivity index (χ4n) is 3.36. The molecule has 0 aliphatic carbocycles. The smallest absolute Gasteiger partial charge is 0.285 e. The number of hydrazine groups is 1. The van der Waals surface area contributed by atoms with Crippen LogP contribution in [0.2, 0.25) is 10.0 Å². The van der Waals surface area contributed by atoms with Gasteiger partial charge in [-0.05, 0) is 83.1 Å². The number of nitrogens with one attached hydrogen (secondary N) is 1. The number of aryl methyl sites for hydroxylation is 1. The molecule has 6 nitrogen and oxygen atoms in total. The number of benzene rings is 3. The van der Waals surface area contributed by atoms with Gasteiger partial charge in [-0.1, -0.05) is 58.7 Å². The van der Waals surface area contributed by atoms with Crippen molar-refractivity contribution in [2.24, 2.45) is 0 Å². The Balaban J connectivity index is 1.52. The number of thiocarbonyl (C=S) groups is 1. The maximum Gasteiger partial charge on any atom is 0.285 e. The van der Waals surface area contributed by atoms with Gasteiger partial charge in [0.15, 0.2) is 15.8 Å². The third-order valence-corrected chi connectivity index (χ3v) is 7.89. The number of methoxy groups -OCH3 is 1. The van der Waals surface area contributed by atoms with Crippen LogP contribution in [-0.2, 0) is 11.4 Å². The van der Waals surface area contributed by atoms with E-state index in [2.05, 4.69) is 21.4 Å². The van der Waals surface area contributed by atoms with Gasteiger partial charge in [0, 0.05) is 21.2 Å². The van der Waals surface area contributed by atoms with E-state index < -0.39 is 11.8 Å². The average molecular weight is 638 g/mol. The normalized spacial score (nSPS) is 14.3. The van der Waals surface area contributed by atoms with Gasteiger partial charge in [-0.2, -0.15) is 5.01 Å². The molecule has 1 N–H and O–H groups in total. The van der Waals surface area contributed by atoms with Crippen LogP contribution in [0.15, 0.2) is 64.0 Å². The molecule has 0 bridgehead atoms. The summed E-state index contributed by atoms with van der Waals surface area (Å²) in [5.74, 6) is 0.0295. The Hall–Kier alpha value is -2.56. The second kappa shape index (κ2) is 11.9. The number of rotatable bonds is 7. The molecule has 0 atom stereocenters. The number of carbonyl (C=O) groups is 2. The monoisotopic (exact) mass is 636 g/mol. The third-order valence-electron chi connectivity index (χ3n) is 5.29. The zero-order valence-corrected chi connectivity index (χ0v) is 24.2. The van der Waals surface area contributed by atoms with E-state index >= 15 is 0 Å². The predicted molar refractivity (Wildman–Crippen MR) is 155 cm³/mol. The highest BCUT2D eigenvalue weighted by molar-refractivity contribution is 9.10. The Labute approximate surface area is 242 Å². The van der Waals surface area contributed by atoms with Crippen molar-refractivity contribution in [1.82, 2.24) is 10.4 Å². The van der Waals surface area contributed by atoms with E-state index in [1.807, 2.05) is 19.1 Å². The highest BCUT2D eigenvalue weighted by Gasteiger charge is 2.34. The van der Waals surface area contributed by atoms with E-state index in [1.165, 1.54) is 7.11 Å². The van der Waals surface area contributed by atoms with Crippen LogP contribution >= 0.6 is 63.1 Å². The molecule has 3 aromatic rings. The first-order valence-corrected chi connectivity index (χ1v) is 13.5. The molecular formula is C26H19BrCl2N2O4S2. The summed E-state index contributed by atoms with van der Waals surface area (Å²) >= 11 is 22.4. The molecule has 0 spiro atoms. The summed E-state index contributed by atoms with van der Waals surface area (Å²) in [6, 6.07) is 15.8. The standard InChI is InChI=1S/C26H19BrCl2N2O4S2/c1-14-6-8-16(9-7-14)24(32)30-31-25(33)22(37-26(31)36)12-15-10-18(27)23(21(11-15)34-2)35-13-17-19(28)4-3-5-20(17)29/h3-12H,13H2,1-2H3,(H,30,32)/b22-12-. The zero-order chi connectivity index (χ0) is 26.7. The molecule has 1 heterocycles. The summed E-state index contributed by atoms with van der Waals surface area (Å²) in [6.07, 6.45) is 1.67. The Bertz CT molecular complexity index is 1410. The predicted octanol–water partition coefficient (Wildman–Crippen LogP) is 7.20. The lowest BCUT2D eigenvalue weighted by Crippen LogP contribution is -2.44. The minimum absolute atomic E-state index is 0.131. The molecule has 4 rings (SSSR count). The van der Waals surface area contributed by atoms with Gasteiger partial charge in [0.05, 0.1) is 16.5 Å². The van der Waals surface area contributed by atoms with Crippen LogP contribution in [0, 0.1) is 6.92 Å². The molecule has 1 saturated heterocycles. The van der Waals surface area contributed by atoms with E-state index in [-0.39, 0.29) is 10.9 Å². The molecule has 1 aliphatic heterocycles. The second-order valence-corrected chi connectivity index (χ2v) is 11.2. The maximum atomic E-state index is 13.0. The van der Waals surface area contributed by atoms with Crippen molar-refractivity contribution >= 4 is 85.3 Å². The maximum absolute atomic E-state index is 13.0. The summed E-state index contributed by atoms with van der Waals surface area (Å²) in [5.41, 5.74) is 5.34. The minimum atomic E-state index is -0.431. The Morgan fingerprint density at radius 2 is 1.84 bits per heavy atom. The molecule has 0 aromatic heterocycles. The number of amides is 2. The zero-order valence-electron chi connectivity index (χ0n) is 19.5. The lowest BCUT2D eigenvalue weighted by Gasteiger charge is -2.16. The Morgan fingerprint density at radius 3 is 2.49 bits per heavy atom. The molecule has 0 unspecified atom stereocenters. The molecule has 1 fully saturated rings. The first-order chi connectivity index (χ1) is 17.7. The molecule has 2 amide bonds. The van der Waals surface area contributed by atoms with Crippen molar-refractivity contribution in [1.29, 1.82) is 0 Å². The number of thioether (sulfide) groups is 1. The van der Waals surface area contributed by atoms with Gasteiger partial charge >= 0.3 is 0 Å². The summed E-state index contributed by atoms with van der Waals surface area (Å²) in [7, 11) is 1.51. The number of ether oxygens (including phenoxy) is 2. The molecule has 1 aliphatic rings. The van der Waals surface area contributed by atoms with E-state index in [9.17, 15) is 9.59 Å². The summed E-state index contributed by atoms with van der Waals surface area (Å²) in [6.45, 7) is 2.06. The van der Waals surface area contributed by atoms with Crippen LogP contribution < -0.4 is 14.9 Å². The van der Waals surface area contributed by atoms with Gasteiger partial charge in [0.2, 0.25) is 0 Å². The summed E-state index contributed by atoms with van der Waals surface area (Å²) < 4.78 is 12.3. The summed E-state index contributed by atoms with van der Waals surface area (Å²) in [4.78, 5) is 26.0. The lowest BCUT2D eigenvalue weighted by atomic mass is 10.1. The average Bonchev–Trinajstić information content (AvgIpc) is 3.12. The van der Waals surface area contributed by atoms with Gasteiger partial charge in [-0.3, -0.25) is 15.0 Å². The van der Waals surface area contributed by atoms with E-state index in [0.29, 0.717) is 47.6 Å². The van der Waals surface area contributed by atoms with Crippen LogP contribution in [0.1, 0.15) is 27.0 Å². The van der Waals surface area contributed by atoms with Crippen molar-refractivity contribution in [2.75, 3.05) is 7.11 Å². The van der Waals surface area contributed by atoms with Crippen LogP contribution in [-0.4, -0.2) is 28.3 Å². The SMILES string of the molecule is COc1cc(/C=C2\SC(=S)N(NC(=O)c3ccc(C)cc3)C2=O)cc(Br)c1OCc1c(Cl)cccc1Cl. The van der Waals surface area contributed by atoms with Crippen molar-refractivity contribution in [3.05, 3.63) is 96.3 Å². The van der Waals surface area contributed by atoms with Gasteiger partial charge in [-0.25, -0.2) is 0 Å². The number of hydrogen-bond donors (Lipinski definition) is 1. The molecular weight excluding hydrogens is 619 g/mol. The number of hydrogen-bond acceptors (Lipinski definition) is 6. The number of carbonyl (C=O) groups excluding carboxylic acids is 2. The van der Waals surface area contributed by atoms with Crippen LogP contribution in [0.5, 0.6) is 11.5 Å². The lowest BCUT2D eigenvalue weighted by molar-refractivity contribution is -0.123. The van der Waals surface area contributed by atoms with Crippen molar-refractivity contribution in [2.45, 2.75) is 13.5 Å². The molecule has 190 valence electrons. The first-order valence-electron chi connectivity index (χ1n) is 10.8. The molecule has 3 aromatic carbocycles. The van der Waals surface area contributed by atoms with E-state index in [0.717, 1.165) is 22.3 Å². The molecule has 37 heavy (non-hydrogen) atoms. The molecule has 0 radical (unpaired) electrons. The largest absolute Gasteiger partial charge is 0.493 e. The van der Waals surface area contributed by atoms with Crippen molar-refractivity contribution in [3.63, 3.8) is 0 Å². The Morgan fingerprint density at radius 1 is 1.16 bits per heavy atom. The fourth-order valence-corrected chi connectivity index (χ4v) is 5.62. The van der Waals surface area contributed by atoms with Gasteiger partial charge in [-0.15, -0.1) is 0 Å². The number of nitrogens with zero attached hydrogens (tertiary/aromatic N) is 1. The van der Waals surface area contributed by atoms with Gasteiger partial charge < -0.3 is 9.47 Å². The quantitative estimate of drug-likeness (QED) is 0.218. The fraction of sp³-hybridized carbons (Fsp3) is 0.115. The van der Waals surface area contributed by atoms with Crippen LogP contribution in [0.4, 0.5) is 0 Å².